The van der Waals surface area contributed by atoms with Crippen molar-refractivity contribution in [3.63, 3.8) is 0 Å². The minimum Gasteiger partial charge on any atom is -0.450 e. The predicted molar refractivity (Wildman–Crippen MR) is 137 cm³/mol. The van der Waals surface area contributed by atoms with Gasteiger partial charge in [0.25, 0.3) is 11.8 Å². The normalized spacial score (nSPS) is 13.8. The van der Waals surface area contributed by atoms with Gasteiger partial charge in [-0.15, -0.1) is 0 Å². The van der Waals surface area contributed by atoms with Crippen molar-refractivity contribution in [3.05, 3.63) is 77.1 Å². The number of piperidine rings is 1. The van der Waals surface area contributed by atoms with Crippen LogP contribution in [-0.4, -0.2) is 58.3 Å². The molecule has 0 radical (unpaired) electrons. The van der Waals surface area contributed by atoms with Crippen LogP contribution in [-0.2, 0) is 4.74 Å². The van der Waals surface area contributed by atoms with Crippen LogP contribution in [0.15, 0.2) is 54.9 Å². The summed E-state index contributed by atoms with van der Waals surface area (Å²) in [4.78, 5) is 38.8. The molecule has 2 aromatic carbocycles. The standard InChI is InChI=1S/C27H31N5O4/c1-4-36-27(35)31-13-11-21(12-14-31)29-25(33)20-6-8-23(9-7-20)32-17-22(16-28-32)30-26(34)24-10-5-18(2)15-19(24)3/h5-10,15-17,21H,4,11-14H2,1-3H3,(H,29,33)(H,30,34). The number of nitrogens with one attached hydrogen (secondary N) is 2. The first-order valence-electron chi connectivity index (χ1n) is 12.1. The molecular formula is C27H31N5O4. The van der Waals surface area contributed by atoms with E-state index in [4.69, 9.17) is 4.74 Å². The van der Waals surface area contributed by atoms with E-state index in [9.17, 15) is 14.4 Å². The summed E-state index contributed by atoms with van der Waals surface area (Å²) in [5, 5.41) is 10.3. The molecule has 0 saturated carbocycles. The van der Waals surface area contributed by atoms with Crippen LogP contribution in [0.1, 0.15) is 51.6 Å². The van der Waals surface area contributed by atoms with Gasteiger partial charge in [-0.2, -0.15) is 5.10 Å². The minimum atomic E-state index is -0.301. The Bertz CT molecular complexity index is 1240. The number of nitrogens with zero attached hydrogens (tertiary/aromatic N) is 3. The Morgan fingerprint density at radius 1 is 1.03 bits per heavy atom. The summed E-state index contributed by atoms with van der Waals surface area (Å²) < 4.78 is 6.68. The van der Waals surface area contributed by atoms with Crippen LogP contribution in [0.5, 0.6) is 0 Å². The van der Waals surface area contributed by atoms with Crippen LogP contribution >= 0.6 is 0 Å². The van der Waals surface area contributed by atoms with E-state index in [1.54, 1.807) is 53.2 Å². The number of amides is 3. The number of likely N-dealkylation sites (tertiary alicyclic amines) is 1. The highest BCUT2D eigenvalue weighted by atomic mass is 16.6. The quantitative estimate of drug-likeness (QED) is 0.543. The average Bonchev–Trinajstić information content (AvgIpc) is 3.33. The van der Waals surface area contributed by atoms with E-state index in [-0.39, 0.29) is 23.9 Å². The number of ether oxygens (including phenoxy) is 1. The molecule has 2 N–H and O–H groups in total. The summed E-state index contributed by atoms with van der Waals surface area (Å²) in [5.41, 5.74) is 4.53. The van der Waals surface area contributed by atoms with Gasteiger partial charge in [0.1, 0.15) is 0 Å². The number of aryl methyl sites for hydroxylation is 2. The number of benzene rings is 2. The molecule has 0 bridgehead atoms. The van der Waals surface area contributed by atoms with Crippen molar-refractivity contribution in [2.75, 3.05) is 25.0 Å². The van der Waals surface area contributed by atoms with E-state index in [0.717, 1.165) is 16.8 Å². The molecule has 1 fully saturated rings. The summed E-state index contributed by atoms with van der Waals surface area (Å²) in [6.07, 6.45) is 4.39. The molecule has 9 nitrogen and oxygen atoms in total. The Morgan fingerprint density at radius 3 is 2.42 bits per heavy atom. The van der Waals surface area contributed by atoms with E-state index in [1.807, 2.05) is 32.0 Å². The smallest absolute Gasteiger partial charge is 0.409 e. The molecule has 3 amide bonds. The fourth-order valence-corrected chi connectivity index (χ4v) is 4.25. The lowest BCUT2D eigenvalue weighted by molar-refractivity contribution is 0.0859. The molecule has 1 aromatic heterocycles. The Hall–Kier alpha value is -4.14. The number of carbonyl (C=O) groups excluding carboxylic acids is 3. The van der Waals surface area contributed by atoms with Crippen molar-refractivity contribution in [1.29, 1.82) is 0 Å². The predicted octanol–water partition coefficient (Wildman–Crippen LogP) is 4.09. The van der Waals surface area contributed by atoms with Gasteiger partial charge >= 0.3 is 6.09 Å². The van der Waals surface area contributed by atoms with Crippen molar-refractivity contribution in [3.8, 4) is 5.69 Å². The maximum atomic E-state index is 12.7. The van der Waals surface area contributed by atoms with Gasteiger partial charge in [-0.05, 0) is 69.5 Å². The Morgan fingerprint density at radius 2 is 1.75 bits per heavy atom. The summed E-state index contributed by atoms with van der Waals surface area (Å²) in [6, 6.07) is 12.8. The first-order valence-corrected chi connectivity index (χ1v) is 12.1. The molecule has 2 heterocycles. The van der Waals surface area contributed by atoms with Crippen molar-refractivity contribution in [2.45, 2.75) is 39.7 Å². The lowest BCUT2D eigenvalue weighted by Crippen LogP contribution is -2.46. The van der Waals surface area contributed by atoms with Gasteiger partial charge in [0.15, 0.2) is 0 Å². The second-order valence-corrected chi connectivity index (χ2v) is 8.93. The Labute approximate surface area is 210 Å². The molecule has 0 atom stereocenters. The number of aromatic nitrogens is 2. The van der Waals surface area contributed by atoms with Gasteiger partial charge in [-0.25, -0.2) is 9.48 Å². The zero-order valence-electron chi connectivity index (χ0n) is 20.8. The lowest BCUT2D eigenvalue weighted by atomic mass is 10.0. The number of rotatable bonds is 6. The third-order valence-electron chi connectivity index (χ3n) is 6.22. The summed E-state index contributed by atoms with van der Waals surface area (Å²) in [6.45, 7) is 7.16. The number of hydrogen-bond donors (Lipinski definition) is 2. The molecule has 36 heavy (non-hydrogen) atoms. The Balaban J connectivity index is 1.32. The number of carbonyl (C=O) groups is 3. The topological polar surface area (TPSA) is 106 Å². The van der Waals surface area contributed by atoms with E-state index in [0.29, 0.717) is 49.4 Å². The van der Waals surface area contributed by atoms with Crippen LogP contribution < -0.4 is 10.6 Å². The monoisotopic (exact) mass is 489 g/mol. The highest BCUT2D eigenvalue weighted by Gasteiger charge is 2.24. The molecule has 188 valence electrons. The van der Waals surface area contributed by atoms with Crippen LogP contribution in [0.2, 0.25) is 0 Å². The summed E-state index contributed by atoms with van der Waals surface area (Å²) >= 11 is 0. The maximum Gasteiger partial charge on any atom is 0.409 e. The van der Waals surface area contributed by atoms with E-state index in [1.165, 1.54) is 0 Å². The molecule has 0 unspecified atom stereocenters. The number of hydrogen-bond acceptors (Lipinski definition) is 5. The third-order valence-corrected chi connectivity index (χ3v) is 6.22. The third kappa shape index (κ3) is 5.91. The molecule has 0 spiro atoms. The fourth-order valence-electron chi connectivity index (χ4n) is 4.25. The molecule has 0 aliphatic carbocycles. The molecule has 1 aliphatic rings. The molecule has 1 saturated heterocycles. The van der Waals surface area contributed by atoms with E-state index >= 15 is 0 Å². The highest BCUT2D eigenvalue weighted by molar-refractivity contribution is 6.05. The summed E-state index contributed by atoms with van der Waals surface area (Å²) in [7, 11) is 0. The second-order valence-electron chi connectivity index (χ2n) is 8.93. The molecule has 4 rings (SSSR count). The van der Waals surface area contributed by atoms with Gasteiger partial charge in [0.2, 0.25) is 0 Å². The van der Waals surface area contributed by atoms with Gasteiger partial charge in [-0.1, -0.05) is 17.7 Å². The molecular weight excluding hydrogens is 458 g/mol. The van der Waals surface area contributed by atoms with Gasteiger partial charge in [-0.3, -0.25) is 9.59 Å². The number of anilines is 1. The van der Waals surface area contributed by atoms with Gasteiger partial charge < -0.3 is 20.3 Å². The molecule has 1 aliphatic heterocycles. The van der Waals surface area contributed by atoms with Crippen LogP contribution in [0.3, 0.4) is 0 Å². The fraction of sp³-hybridized carbons (Fsp3) is 0.333. The van der Waals surface area contributed by atoms with E-state index in [2.05, 4.69) is 15.7 Å². The SMILES string of the molecule is CCOC(=O)N1CCC(NC(=O)c2ccc(-n3cc(NC(=O)c4ccc(C)cc4C)cn3)cc2)CC1. The van der Waals surface area contributed by atoms with Crippen LogP contribution in [0.4, 0.5) is 10.5 Å². The largest absolute Gasteiger partial charge is 0.450 e. The minimum absolute atomic E-state index is 0.0114. The first kappa shape index (κ1) is 25.0. The zero-order chi connectivity index (χ0) is 25.7. The molecule has 9 heteroatoms. The maximum absolute atomic E-state index is 12.7. The average molecular weight is 490 g/mol. The van der Waals surface area contributed by atoms with E-state index < -0.39 is 0 Å². The first-order chi connectivity index (χ1) is 17.3. The lowest BCUT2D eigenvalue weighted by Gasteiger charge is -2.31. The second kappa shape index (κ2) is 11.1. The van der Waals surface area contributed by atoms with Crippen molar-refractivity contribution < 1.29 is 19.1 Å². The molecule has 3 aromatic rings. The van der Waals surface area contributed by atoms with Crippen LogP contribution in [0, 0.1) is 13.8 Å². The highest BCUT2D eigenvalue weighted by Crippen LogP contribution is 2.17. The van der Waals surface area contributed by atoms with Crippen molar-refractivity contribution >= 4 is 23.6 Å². The van der Waals surface area contributed by atoms with Crippen molar-refractivity contribution in [2.24, 2.45) is 0 Å². The van der Waals surface area contributed by atoms with Crippen LogP contribution in [0.25, 0.3) is 5.69 Å². The van der Waals surface area contributed by atoms with Gasteiger partial charge in [0, 0.05) is 30.3 Å². The van der Waals surface area contributed by atoms with Gasteiger partial charge in [0.05, 0.1) is 30.4 Å². The zero-order valence-corrected chi connectivity index (χ0v) is 20.8. The van der Waals surface area contributed by atoms with Crippen molar-refractivity contribution in [1.82, 2.24) is 20.0 Å². The Kier molecular flexibility index (Phi) is 7.68. The summed E-state index contributed by atoms with van der Waals surface area (Å²) in [5.74, 6) is -0.342.